The fourth-order valence-electron chi connectivity index (χ4n) is 3.84. The Balaban J connectivity index is 1.30. The van der Waals surface area contributed by atoms with Crippen molar-refractivity contribution in [1.29, 1.82) is 0 Å². The average Bonchev–Trinajstić information content (AvgIpc) is 3.56. The summed E-state index contributed by atoms with van der Waals surface area (Å²) < 4.78 is 7.42. The topological polar surface area (TPSA) is 121 Å². The zero-order chi connectivity index (χ0) is 21.2. The highest BCUT2D eigenvalue weighted by atomic mass is 16.8. The summed E-state index contributed by atoms with van der Waals surface area (Å²) in [6.07, 6.45) is 8.93. The lowest BCUT2D eigenvalue weighted by atomic mass is 10.1. The summed E-state index contributed by atoms with van der Waals surface area (Å²) in [6, 6.07) is 10.8. The second-order valence-electron chi connectivity index (χ2n) is 7.46. The van der Waals surface area contributed by atoms with Gasteiger partial charge in [-0.3, -0.25) is 9.47 Å². The smallest absolute Gasteiger partial charge is 0.244 e. The fourth-order valence-corrected chi connectivity index (χ4v) is 3.84. The molecule has 0 saturated carbocycles. The van der Waals surface area contributed by atoms with E-state index in [1.165, 1.54) is 0 Å². The number of pyridine rings is 1. The van der Waals surface area contributed by atoms with Crippen molar-refractivity contribution in [2.45, 2.75) is 25.4 Å². The standard InChI is InChI=1S/C21H21N7O3/c29-28(30)17-6-3-15(4-7-17)13-26-10-1-2-18(26)21-24-20(25-31-21)16-5-8-19(23-12-16)27-11-9-22-14-27/h3-9,11-12,14,18,28-29H,1-2,10,13H2/t18-/m0/s1. The van der Waals surface area contributed by atoms with Crippen molar-refractivity contribution < 1.29 is 15.0 Å². The predicted molar refractivity (Wildman–Crippen MR) is 109 cm³/mol. The third-order valence-corrected chi connectivity index (χ3v) is 5.45. The molecule has 158 valence electrons. The van der Waals surface area contributed by atoms with Crippen LogP contribution in [0.15, 0.2) is 65.8 Å². The Morgan fingerprint density at radius 1 is 1.19 bits per heavy atom. The molecule has 10 nitrogen and oxygen atoms in total. The monoisotopic (exact) mass is 419 g/mol. The molecule has 1 unspecified atom stereocenters. The van der Waals surface area contributed by atoms with Gasteiger partial charge >= 0.3 is 0 Å². The molecule has 0 amide bonds. The van der Waals surface area contributed by atoms with E-state index < -0.39 is 5.23 Å². The first-order valence-electron chi connectivity index (χ1n) is 10.0. The Hall–Kier alpha value is -3.44. The van der Waals surface area contributed by atoms with Gasteiger partial charge in [-0.15, -0.1) is 0 Å². The molecule has 0 spiro atoms. The maximum Gasteiger partial charge on any atom is 0.244 e. The molecule has 1 saturated heterocycles. The van der Waals surface area contributed by atoms with Crippen LogP contribution in [-0.2, 0) is 6.54 Å². The zero-order valence-electron chi connectivity index (χ0n) is 16.6. The van der Waals surface area contributed by atoms with E-state index in [4.69, 9.17) is 9.73 Å². The number of likely N-dealkylation sites (tertiary alicyclic amines) is 1. The van der Waals surface area contributed by atoms with Crippen LogP contribution in [0.5, 0.6) is 0 Å². The molecule has 5 rings (SSSR count). The minimum Gasteiger partial charge on any atom is -0.595 e. The van der Waals surface area contributed by atoms with Gasteiger partial charge in [0.2, 0.25) is 11.7 Å². The van der Waals surface area contributed by atoms with Crippen LogP contribution in [0.25, 0.3) is 17.2 Å². The van der Waals surface area contributed by atoms with Crippen LogP contribution in [0.3, 0.4) is 0 Å². The van der Waals surface area contributed by atoms with E-state index in [1.54, 1.807) is 30.9 Å². The van der Waals surface area contributed by atoms with Gasteiger partial charge in [-0.2, -0.15) is 10.2 Å². The van der Waals surface area contributed by atoms with Crippen LogP contribution in [-0.4, -0.2) is 41.3 Å². The molecule has 1 aliphatic heterocycles. The Labute approximate surface area is 177 Å². The summed E-state index contributed by atoms with van der Waals surface area (Å²) in [6.45, 7) is 1.62. The van der Waals surface area contributed by atoms with Crippen LogP contribution in [0.2, 0.25) is 0 Å². The molecule has 1 fully saturated rings. The highest BCUT2D eigenvalue weighted by molar-refractivity contribution is 5.53. The third kappa shape index (κ3) is 4.09. The van der Waals surface area contributed by atoms with Gasteiger partial charge in [0.25, 0.3) is 0 Å². The molecule has 31 heavy (non-hydrogen) atoms. The number of nitrogens with one attached hydrogen (secondary N) is 1. The number of nitrogens with zero attached hydrogens (tertiary/aromatic N) is 6. The predicted octanol–water partition coefficient (Wildman–Crippen LogP) is 2.06. The summed E-state index contributed by atoms with van der Waals surface area (Å²) in [5.74, 6) is 1.87. The third-order valence-electron chi connectivity index (χ3n) is 5.45. The molecular formula is C21H21N7O3. The fraction of sp³-hybridized carbons (Fsp3) is 0.238. The molecule has 0 bridgehead atoms. The van der Waals surface area contributed by atoms with Crippen molar-refractivity contribution in [1.82, 2.24) is 29.6 Å². The maximum absolute atomic E-state index is 11.0. The lowest BCUT2D eigenvalue weighted by Crippen LogP contribution is -2.99. The summed E-state index contributed by atoms with van der Waals surface area (Å²) in [5, 5.41) is 23.3. The van der Waals surface area contributed by atoms with Gasteiger partial charge in [-0.1, -0.05) is 17.3 Å². The van der Waals surface area contributed by atoms with Crippen LogP contribution < -0.4 is 5.23 Å². The van der Waals surface area contributed by atoms with Gasteiger partial charge in [-0.05, 0) is 37.1 Å². The van der Waals surface area contributed by atoms with Gasteiger partial charge in [0.1, 0.15) is 12.1 Å². The number of quaternary nitrogens is 1. The first-order valence-corrected chi connectivity index (χ1v) is 10.0. The second-order valence-corrected chi connectivity index (χ2v) is 7.46. The Morgan fingerprint density at radius 2 is 2.06 bits per heavy atom. The Kier molecular flexibility index (Phi) is 5.26. The molecular weight excluding hydrogens is 398 g/mol. The minimum atomic E-state index is -0.920. The van der Waals surface area contributed by atoms with Crippen molar-refractivity contribution >= 4 is 5.69 Å². The summed E-state index contributed by atoms with van der Waals surface area (Å²) in [4.78, 5) is 15.4. The van der Waals surface area contributed by atoms with Crippen LogP contribution in [0, 0.1) is 5.21 Å². The summed E-state index contributed by atoms with van der Waals surface area (Å²) >= 11 is 0. The zero-order valence-corrected chi connectivity index (χ0v) is 16.6. The highest BCUT2D eigenvalue weighted by Crippen LogP contribution is 2.33. The first-order chi connectivity index (χ1) is 15.2. The first kappa shape index (κ1) is 19.5. The molecule has 1 aromatic carbocycles. The van der Waals surface area contributed by atoms with E-state index in [9.17, 15) is 5.21 Å². The number of hydrogen-bond donors (Lipinski definition) is 2. The van der Waals surface area contributed by atoms with Gasteiger partial charge in [0.15, 0.2) is 5.69 Å². The van der Waals surface area contributed by atoms with Gasteiger partial charge in [0, 0.05) is 42.8 Å². The Morgan fingerprint density at radius 3 is 2.77 bits per heavy atom. The quantitative estimate of drug-likeness (QED) is 0.456. The van der Waals surface area contributed by atoms with Crippen molar-refractivity contribution in [2.75, 3.05) is 6.54 Å². The molecule has 2 atom stereocenters. The van der Waals surface area contributed by atoms with E-state index >= 15 is 0 Å². The molecule has 4 aromatic rings. The van der Waals surface area contributed by atoms with Gasteiger partial charge in [-0.25, -0.2) is 15.2 Å². The summed E-state index contributed by atoms with van der Waals surface area (Å²) in [7, 11) is 0. The van der Waals surface area contributed by atoms with Crippen molar-refractivity contribution in [3.8, 4) is 17.2 Å². The Bertz CT molecular complexity index is 1120. The molecule has 0 radical (unpaired) electrons. The van der Waals surface area contributed by atoms with E-state index in [-0.39, 0.29) is 11.7 Å². The normalized spacial score (nSPS) is 17.8. The van der Waals surface area contributed by atoms with E-state index in [2.05, 4.69) is 25.0 Å². The average molecular weight is 419 g/mol. The van der Waals surface area contributed by atoms with Crippen molar-refractivity contribution in [3.63, 3.8) is 0 Å². The van der Waals surface area contributed by atoms with E-state index in [1.807, 2.05) is 35.0 Å². The molecule has 2 N–H and O–H groups in total. The van der Waals surface area contributed by atoms with Crippen molar-refractivity contribution in [2.24, 2.45) is 0 Å². The van der Waals surface area contributed by atoms with Crippen LogP contribution in [0.4, 0.5) is 5.69 Å². The van der Waals surface area contributed by atoms with E-state index in [0.29, 0.717) is 18.3 Å². The van der Waals surface area contributed by atoms with E-state index in [0.717, 1.165) is 36.3 Å². The van der Waals surface area contributed by atoms with Gasteiger partial charge in [0.05, 0.1) is 6.04 Å². The second kappa shape index (κ2) is 8.36. The minimum absolute atomic E-state index is 0.0404. The lowest BCUT2D eigenvalue weighted by molar-refractivity contribution is -0.991. The van der Waals surface area contributed by atoms with Crippen molar-refractivity contribution in [3.05, 3.63) is 78.0 Å². The number of benzene rings is 1. The van der Waals surface area contributed by atoms with Gasteiger partial charge < -0.3 is 9.73 Å². The molecule has 3 aromatic heterocycles. The number of hydrogen-bond acceptors (Lipinski definition) is 8. The molecule has 10 heteroatoms. The molecule has 1 aliphatic rings. The number of imidazole rings is 1. The molecule has 0 aliphatic carbocycles. The van der Waals surface area contributed by atoms with Crippen LogP contribution >= 0.6 is 0 Å². The number of aromatic nitrogens is 5. The highest BCUT2D eigenvalue weighted by Gasteiger charge is 2.31. The largest absolute Gasteiger partial charge is 0.595 e. The number of rotatable bonds is 6. The molecule has 4 heterocycles. The van der Waals surface area contributed by atoms with Crippen LogP contribution in [0.1, 0.15) is 30.3 Å². The SMILES string of the molecule is [O-][NH+](O)c1ccc(CN2CCC[C@H]2c2nc(-c3ccc(-n4ccnc4)nc3)no2)cc1. The summed E-state index contributed by atoms with van der Waals surface area (Å²) in [5.41, 5.74) is 2.12. The lowest BCUT2D eigenvalue weighted by Gasteiger charge is -2.21. The maximum atomic E-state index is 11.0.